The Bertz CT molecular complexity index is 1400. The molecule has 0 aliphatic carbocycles. The molecular weight excluding hydrogens is 432 g/mol. The van der Waals surface area contributed by atoms with Gasteiger partial charge in [0.1, 0.15) is 0 Å². The number of nitrogens with one attached hydrogen (secondary N) is 3. The summed E-state index contributed by atoms with van der Waals surface area (Å²) in [5, 5.41) is 17.0. The van der Waals surface area contributed by atoms with E-state index in [1.54, 1.807) is 11.3 Å². The van der Waals surface area contributed by atoms with Gasteiger partial charge in [0.05, 0.1) is 21.9 Å². The second-order valence-corrected chi connectivity index (χ2v) is 9.21. The van der Waals surface area contributed by atoms with E-state index >= 15 is 0 Å². The van der Waals surface area contributed by atoms with E-state index in [1.807, 2.05) is 29.8 Å². The molecule has 0 atom stereocenters. The van der Waals surface area contributed by atoms with E-state index < -0.39 is 0 Å². The van der Waals surface area contributed by atoms with Crippen molar-refractivity contribution in [1.82, 2.24) is 25.1 Å². The monoisotopic (exact) mass is 456 g/mol. The van der Waals surface area contributed by atoms with Gasteiger partial charge in [0.25, 0.3) is 0 Å². The van der Waals surface area contributed by atoms with Crippen LogP contribution in [0.1, 0.15) is 0 Å². The van der Waals surface area contributed by atoms with Crippen LogP contribution in [-0.4, -0.2) is 58.3 Å². The van der Waals surface area contributed by atoms with Gasteiger partial charge in [-0.25, -0.2) is 4.98 Å². The maximum Gasteiger partial charge on any atom is 0.229 e. The number of H-pyrrole nitrogens is 1. The number of piperazine rings is 1. The standard InChI is InChI=1S/C24H24N8S/c1-31-9-11-32(12-10-31)19-5-2-17(3-6-19)27-24-28-21-8-13-33-22(21)23(29-24)26-18-4-7-20-16(14-18)15-25-30-20/h2-8,13-15H,9-12H2,1H3,(H,25,30)(H2,26,27,28,29). The summed E-state index contributed by atoms with van der Waals surface area (Å²) in [6.07, 6.45) is 1.82. The van der Waals surface area contributed by atoms with Crippen molar-refractivity contribution < 1.29 is 0 Å². The van der Waals surface area contributed by atoms with E-state index in [0.717, 1.165) is 64.5 Å². The fourth-order valence-electron chi connectivity index (χ4n) is 4.11. The lowest BCUT2D eigenvalue weighted by Gasteiger charge is -2.34. The summed E-state index contributed by atoms with van der Waals surface area (Å²) in [6.45, 7) is 4.30. The number of hydrogen-bond donors (Lipinski definition) is 3. The van der Waals surface area contributed by atoms with E-state index in [-0.39, 0.29) is 0 Å². The molecule has 6 rings (SSSR count). The average Bonchev–Trinajstić information content (AvgIpc) is 3.49. The topological polar surface area (TPSA) is 85.0 Å². The van der Waals surface area contributed by atoms with Gasteiger partial charge in [-0.1, -0.05) is 0 Å². The van der Waals surface area contributed by atoms with E-state index in [0.29, 0.717) is 5.95 Å². The van der Waals surface area contributed by atoms with Crippen molar-refractivity contribution in [2.24, 2.45) is 0 Å². The number of thiophene rings is 1. The van der Waals surface area contributed by atoms with Gasteiger partial charge in [-0.2, -0.15) is 10.1 Å². The van der Waals surface area contributed by atoms with Crippen LogP contribution in [0.25, 0.3) is 21.1 Å². The average molecular weight is 457 g/mol. The summed E-state index contributed by atoms with van der Waals surface area (Å²) in [6, 6.07) is 16.6. The molecule has 5 aromatic rings. The van der Waals surface area contributed by atoms with Gasteiger partial charge in [-0.15, -0.1) is 11.3 Å². The number of anilines is 5. The summed E-state index contributed by atoms with van der Waals surface area (Å²) in [7, 11) is 2.17. The van der Waals surface area contributed by atoms with Gasteiger partial charge in [0.2, 0.25) is 5.95 Å². The summed E-state index contributed by atoms with van der Waals surface area (Å²) >= 11 is 1.63. The van der Waals surface area contributed by atoms with Crippen LogP contribution in [0.2, 0.25) is 0 Å². The van der Waals surface area contributed by atoms with Crippen molar-refractivity contribution in [1.29, 1.82) is 0 Å². The lowest BCUT2D eigenvalue weighted by atomic mass is 10.2. The van der Waals surface area contributed by atoms with E-state index in [4.69, 9.17) is 9.97 Å². The highest BCUT2D eigenvalue weighted by Crippen LogP contribution is 2.31. The molecule has 1 fully saturated rings. The number of aromatic nitrogens is 4. The molecule has 1 aliphatic rings. The zero-order valence-electron chi connectivity index (χ0n) is 18.2. The molecule has 0 radical (unpaired) electrons. The first kappa shape index (κ1) is 20.0. The first-order valence-electron chi connectivity index (χ1n) is 11.0. The zero-order valence-corrected chi connectivity index (χ0v) is 19.1. The van der Waals surface area contributed by atoms with Crippen LogP contribution in [-0.2, 0) is 0 Å². The molecule has 33 heavy (non-hydrogen) atoms. The van der Waals surface area contributed by atoms with Crippen LogP contribution in [0.4, 0.5) is 28.8 Å². The molecule has 3 N–H and O–H groups in total. The zero-order chi connectivity index (χ0) is 22.2. The Hall–Kier alpha value is -3.69. The van der Waals surface area contributed by atoms with Gasteiger partial charge in [0.15, 0.2) is 5.82 Å². The highest BCUT2D eigenvalue weighted by molar-refractivity contribution is 7.17. The van der Waals surface area contributed by atoms with Gasteiger partial charge < -0.3 is 20.4 Å². The normalized spacial score (nSPS) is 14.8. The summed E-state index contributed by atoms with van der Waals surface area (Å²) in [4.78, 5) is 14.3. The Labute approximate surface area is 195 Å². The molecule has 0 bridgehead atoms. The second-order valence-electron chi connectivity index (χ2n) is 8.29. The maximum atomic E-state index is 4.79. The van der Waals surface area contributed by atoms with E-state index in [2.05, 4.69) is 68.0 Å². The Morgan fingerprint density at radius 2 is 1.73 bits per heavy atom. The molecule has 166 valence electrons. The highest BCUT2D eigenvalue weighted by atomic mass is 32.1. The predicted molar refractivity (Wildman–Crippen MR) is 136 cm³/mol. The van der Waals surface area contributed by atoms with Crippen molar-refractivity contribution in [3.63, 3.8) is 0 Å². The third-order valence-corrected chi connectivity index (χ3v) is 6.91. The van der Waals surface area contributed by atoms with Gasteiger partial charge in [0, 0.05) is 48.6 Å². The summed E-state index contributed by atoms with van der Waals surface area (Å²) in [5.41, 5.74) is 5.10. The van der Waals surface area contributed by atoms with Crippen molar-refractivity contribution in [2.45, 2.75) is 0 Å². The highest BCUT2D eigenvalue weighted by Gasteiger charge is 2.14. The molecular formula is C24H24N8S. The molecule has 0 spiro atoms. The van der Waals surface area contributed by atoms with Crippen LogP contribution in [0, 0.1) is 0 Å². The molecule has 8 nitrogen and oxygen atoms in total. The quantitative estimate of drug-likeness (QED) is 0.350. The second kappa shape index (κ2) is 8.34. The van der Waals surface area contributed by atoms with Crippen molar-refractivity contribution in [3.05, 3.63) is 60.1 Å². The smallest absolute Gasteiger partial charge is 0.229 e. The number of aromatic amines is 1. The molecule has 4 heterocycles. The number of benzene rings is 2. The van der Waals surface area contributed by atoms with Crippen molar-refractivity contribution >= 4 is 61.3 Å². The Morgan fingerprint density at radius 3 is 2.58 bits per heavy atom. The van der Waals surface area contributed by atoms with Crippen LogP contribution in [0.5, 0.6) is 0 Å². The Balaban J connectivity index is 1.24. The minimum absolute atomic E-state index is 0.570. The molecule has 2 aromatic carbocycles. The predicted octanol–water partition coefficient (Wildman–Crippen LogP) is 4.81. The largest absolute Gasteiger partial charge is 0.369 e. The summed E-state index contributed by atoms with van der Waals surface area (Å²) in [5.74, 6) is 1.36. The molecule has 0 amide bonds. The van der Waals surface area contributed by atoms with Crippen LogP contribution in [0.3, 0.4) is 0 Å². The molecule has 0 saturated carbocycles. The van der Waals surface area contributed by atoms with E-state index in [9.17, 15) is 0 Å². The first-order chi connectivity index (χ1) is 16.2. The number of fused-ring (bicyclic) bond motifs is 2. The molecule has 3 aromatic heterocycles. The number of rotatable bonds is 5. The Morgan fingerprint density at radius 1 is 0.909 bits per heavy atom. The van der Waals surface area contributed by atoms with Crippen LogP contribution >= 0.6 is 11.3 Å². The minimum atomic E-state index is 0.570. The lowest BCUT2D eigenvalue weighted by molar-refractivity contribution is 0.313. The number of nitrogens with zero attached hydrogens (tertiary/aromatic N) is 5. The number of likely N-dealkylation sites (N-methyl/N-ethyl adjacent to an activating group) is 1. The maximum absolute atomic E-state index is 4.79. The van der Waals surface area contributed by atoms with E-state index in [1.165, 1.54) is 5.69 Å². The van der Waals surface area contributed by atoms with Crippen LogP contribution < -0.4 is 15.5 Å². The lowest BCUT2D eigenvalue weighted by Crippen LogP contribution is -2.44. The third kappa shape index (κ3) is 4.08. The van der Waals surface area contributed by atoms with Crippen molar-refractivity contribution in [2.75, 3.05) is 48.8 Å². The molecule has 1 saturated heterocycles. The minimum Gasteiger partial charge on any atom is -0.369 e. The fraction of sp³-hybridized carbons (Fsp3) is 0.208. The van der Waals surface area contributed by atoms with Gasteiger partial charge in [-0.05, 0) is 61.0 Å². The molecule has 9 heteroatoms. The van der Waals surface area contributed by atoms with Gasteiger partial charge >= 0.3 is 0 Å². The molecule has 1 aliphatic heterocycles. The SMILES string of the molecule is CN1CCN(c2ccc(Nc3nc(Nc4ccc5[nH]ncc5c4)c4sccc4n3)cc2)CC1. The van der Waals surface area contributed by atoms with Crippen LogP contribution in [0.15, 0.2) is 60.1 Å². The summed E-state index contributed by atoms with van der Waals surface area (Å²) < 4.78 is 1.03. The fourth-order valence-corrected chi connectivity index (χ4v) is 4.89. The van der Waals surface area contributed by atoms with Crippen molar-refractivity contribution in [3.8, 4) is 0 Å². The number of hydrogen-bond acceptors (Lipinski definition) is 8. The molecule has 0 unspecified atom stereocenters. The third-order valence-electron chi connectivity index (χ3n) is 6.00. The first-order valence-corrected chi connectivity index (χ1v) is 11.9. The Kier molecular flexibility index (Phi) is 5.04. The van der Waals surface area contributed by atoms with Gasteiger partial charge in [-0.3, -0.25) is 5.10 Å².